The highest BCUT2D eigenvalue weighted by Crippen LogP contribution is 2.33. The number of fused-ring (bicyclic) bond motifs is 1. The Morgan fingerprint density at radius 1 is 1.07 bits per heavy atom. The zero-order chi connectivity index (χ0) is 19.7. The molecule has 1 aliphatic rings. The molecule has 4 nitrogen and oxygen atoms in total. The van der Waals surface area contributed by atoms with Gasteiger partial charge in [0.1, 0.15) is 11.6 Å². The minimum Gasteiger partial charge on any atom is -0.385 e. The van der Waals surface area contributed by atoms with Crippen molar-refractivity contribution >= 4 is 11.0 Å². The van der Waals surface area contributed by atoms with Gasteiger partial charge in [-0.2, -0.15) is 0 Å². The molecule has 0 aliphatic carbocycles. The zero-order valence-electron chi connectivity index (χ0n) is 16.6. The number of rotatable bonds is 4. The molecule has 2 heterocycles. The first-order valence-electron chi connectivity index (χ1n) is 10.1. The fourth-order valence-corrected chi connectivity index (χ4v) is 4.36. The summed E-state index contributed by atoms with van der Waals surface area (Å²) >= 11 is 0. The molecule has 0 spiro atoms. The Labute approximate surface area is 165 Å². The lowest BCUT2D eigenvalue weighted by Gasteiger charge is -2.27. The summed E-state index contributed by atoms with van der Waals surface area (Å²) in [6.07, 6.45) is 2.23. The molecule has 0 amide bonds. The van der Waals surface area contributed by atoms with Gasteiger partial charge in [0.05, 0.1) is 23.2 Å². The molecular weight excluding hydrogens is 353 g/mol. The van der Waals surface area contributed by atoms with Crippen molar-refractivity contribution in [2.75, 3.05) is 13.1 Å². The number of nitrogens with zero attached hydrogens (tertiary/aromatic N) is 3. The highest BCUT2D eigenvalue weighted by Gasteiger charge is 2.32. The van der Waals surface area contributed by atoms with E-state index in [9.17, 15) is 9.50 Å². The second-order valence-corrected chi connectivity index (χ2v) is 8.15. The maximum Gasteiger partial charge on any atom is 0.124 e. The minimum atomic E-state index is -0.888. The highest BCUT2D eigenvalue weighted by molar-refractivity contribution is 5.76. The van der Waals surface area contributed by atoms with Crippen molar-refractivity contribution in [2.45, 2.75) is 51.3 Å². The molecule has 1 atom stereocenters. The Morgan fingerprint density at radius 2 is 1.82 bits per heavy atom. The first kappa shape index (κ1) is 19.1. The first-order valence-corrected chi connectivity index (χ1v) is 10.1. The molecule has 28 heavy (non-hydrogen) atoms. The number of benzene rings is 2. The van der Waals surface area contributed by atoms with Gasteiger partial charge in [-0.15, -0.1) is 0 Å². The summed E-state index contributed by atoms with van der Waals surface area (Å²) in [4.78, 5) is 7.26. The predicted octanol–water partition coefficient (Wildman–Crippen LogP) is 4.63. The molecule has 1 aliphatic heterocycles. The van der Waals surface area contributed by atoms with E-state index in [0.29, 0.717) is 18.9 Å². The van der Waals surface area contributed by atoms with Gasteiger partial charge in [0, 0.05) is 12.6 Å². The maximum atomic E-state index is 13.3. The van der Waals surface area contributed by atoms with Crippen LogP contribution in [-0.4, -0.2) is 32.6 Å². The third-order valence-corrected chi connectivity index (χ3v) is 5.84. The molecule has 0 unspecified atom stereocenters. The van der Waals surface area contributed by atoms with Crippen LogP contribution in [-0.2, 0) is 12.1 Å². The van der Waals surface area contributed by atoms with Crippen LogP contribution in [0.5, 0.6) is 0 Å². The second kappa shape index (κ2) is 7.64. The van der Waals surface area contributed by atoms with Crippen LogP contribution in [0.15, 0.2) is 48.5 Å². The van der Waals surface area contributed by atoms with Crippen molar-refractivity contribution < 1.29 is 9.50 Å². The van der Waals surface area contributed by atoms with E-state index >= 15 is 0 Å². The second-order valence-electron chi connectivity index (χ2n) is 8.15. The van der Waals surface area contributed by atoms with Crippen LogP contribution in [0.2, 0.25) is 0 Å². The highest BCUT2D eigenvalue weighted by atomic mass is 19.1. The van der Waals surface area contributed by atoms with Gasteiger partial charge in [-0.1, -0.05) is 24.3 Å². The number of hydrogen-bond acceptors (Lipinski definition) is 3. The van der Waals surface area contributed by atoms with Gasteiger partial charge >= 0.3 is 0 Å². The van der Waals surface area contributed by atoms with Gasteiger partial charge in [0.25, 0.3) is 0 Å². The van der Waals surface area contributed by atoms with Gasteiger partial charge in [-0.25, -0.2) is 9.37 Å². The first-order chi connectivity index (χ1) is 13.5. The molecule has 1 fully saturated rings. The summed E-state index contributed by atoms with van der Waals surface area (Å²) in [6.45, 7) is 6.85. The zero-order valence-corrected chi connectivity index (χ0v) is 16.6. The summed E-state index contributed by atoms with van der Waals surface area (Å²) in [7, 11) is 0. The van der Waals surface area contributed by atoms with Gasteiger partial charge in [0.15, 0.2) is 0 Å². The summed E-state index contributed by atoms with van der Waals surface area (Å²) < 4.78 is 15.6. The SMILES string of the molecule is CC(C)n1c(CN2CCC[C@@](O)(c3ccc(F)cc3)CC2)nc2ccccc21. The summed E-state index contributed by atoms with van der Waals surface area (Å²) in [5.41, 5.74) is 2.12. The Balaban J connectivity index is 1.53. The molecule has 1 N–H and O–H groups in total. The predicted molar refractivity (Wildman–Crippen MR) is 110 cm³/mol. The van der Waals surface area contributed by atoms with E-state index < -0.39 is 5.60 Å². The van der Waals surface area contributed by atoms with Crippen LogP contribution in [0.4, 0.5) is 4.39 Å². The quantitative estimate of drug-likeness (QED) is 0.716. The largest absolute Gasteiger partial charge is 0.385 e. The normalized spacial score (nSPS) is 21.3. The molecule has 4 rings (SSSR count). The Bertz CT molecular complexity index is 950. The molecule has 5 heteroatoms. The van der Waals surface area contributed by atoms with Crippen LogP contribution in [0.1, 0.15) is 50.5 Å². The van der Waals surface area contributed by atoms with Crippen LogP contribution in [0.25, 0.3) is 11.0 Å². The summed E-state index contributed by atoms with van der Waals surface area (Å²) in [6, 6.07) is 14.9. The van der Waals surface area contributed by atoms with Crippen LogP contribution in [0, 0.1) is 5.82 Å². The molecule has 0 radical (unpaired) electrons. The van der Waals surface area contributed by atoms with E-state index in [4.69, 9.17) is 4.98 Å². The van der Waals surface area contributed by atoms with Crippen molar-refractivity contribution in [3.8, 4) is 0 Å². The molecule has 2 aromatic carbocycles. The van der Waals surface area contributed by atoms with E-state index in [-0.39, 0.29) is 5.82 Å². The number of para-hydroxylation sites is 2. The Kier molecular flexibility index (Phi) is 5.21. The van der Waals surface area contributed by atoms with E-state index in [2.05, 4.69) is 41.5 Å². The van der Waals surface area contributed by atoms with E-state index in [1.54, 1.807) is 12.1 Å². The topological polar surface area (TPSA) is 41.3 Å². The van der Waals surface area contributed by atoms with Gasteiger partial charge in [-0.05, 0) is 69.5 Å². The van der Waals surface area contributed by atoms with E-state index in [0.717, 1.165) is 43.0 Å². The van der Waals surface area contributed by atoms with Gasteiger partial charge < -0.3 is 9.67 Å². The van der Waals surface area contributed by atoms with Crippen molar-refractivity contribution in [1.29, 1.82) is 0 Å². The summed E-state index contributed by atoms with van der Waals surface area (Å²) in [5, 5.41) is 11.2. The number of hydrogen-bond donors (Lipinski definition) is 1. The number of halogens is 1. The van der Waals surface area contributed by atoms with Crippen LogP contribution >= 0.6 is 0 Å². The molecule has 148 valence electrons. The lowest BCUT2D eigenvalue weighted by molar-refractivity contribution is 0.0208. The molecule has 1 aromatic heterocycles. The number of imidazole rings is 1. The average molecular weight is 381 g/mol. The number of aromatic nitrogens is 2. The molecular formula is C23H28FN3O. The monoisotopic (exact) mass is 381 g/mol. The Hall–Kier alpha value is -2.24. The fourth-order valence-electron chi connectivity index (χ4n) is 4.36. The van der Waals surface area contributed by atoms with Crippen molar-refractivity contribution in [1.82, 2.24) is 14.5 Å². The van der Waals surface area contributed by atoms with E-state index in [1.807, 2.05) is 6.07 Å². The Morgan fingerprint density at radius 3 is 2.57 bits per heavy atom. The molecule has 1 saturated heterocycles. The third kappa shape index (κ3) is 3.69. The number of aliphatic hydroxyl groups is 1. The number of likely N-dealkylation sites (tertiary alicyclic amines) is 1. The van der Waals surface area contributed by atoms with Crippen molar-refractivity contribution in [3.63, 3.8) is 0 Å². The van der Waals surface area contributed by atoms with Crippen molar-refractivity contribution in [3.05, 3.63) is 65.7 Å². The smallest absolute Gasteiger partial charge is 0.124 e. The standard InChI is InChI=1S/C23H28FN3O/c1-17(2)27-21-7-4-3-6-20(21)25-22(27)16-26-14-5-12-23(28,13-15-26)18-8-10-19(24)11-9-18/h3-4,6-11,17,28H,5,12-16H2,1-2H3/t23-/m0/s1. The third-order valence-electron chi connectivity index (χ3n) is 5.84. The van der Waals surface area contributed by atoms with Crippen LogP contribution in [0.3, 0.4) is 0 Å². The van der Waals surface area contributed by atoms with E-state index in [1.165, 1.54) is 17.6 Å². The molecule has 3 aromatic rings. The van der Waals surface area contributed by atoms with Crippen molar-refractivity contribution in [2.24, 2.45) is 0 Å². The van der Waals surface area contributed by atoms with Gasteiger partial charge in [-0.3, -0.25) is 4.90 Å². The fraction of sp³-hybridized carbons (Fsp3) is 0.435. The summed E-state index contributed by atoms with van der Waals surface area (Å²) in [5.74, 6) is 0.804. The molecule has 0 saturated carbocycles. The lowest BCUT2D eigenvalue weighted by Crippen LogP contribution is -2.30. The van der Waals surface area contributed by atoms with Gasteiger partial charge in [0.2, 0.25) is 0 Å². The minimum absolute atomic E-state index is 0.268. The lowest BCUT2D eigenvalue weighted by atomic mass is 9.87. The van der Waals surface area contributed by atoms with Crippen LogP contribution < -0.4 is 0 Å². The molecule has 0 bridgehead atoms. The average Bonchev–Trinajstić information content (AvgIpc) is 2.93. The maximum absolute atomic E-state index is 13.3.